The second-order valence-corrected chi connectivity index (χ2v) is 5.43. The van der Waals surface area contributed by atoms with Crippen LogP contribution >= 0.6 is 11.3 Å². The summed E-state index contributed by atoms with van der Waals surface area (Å²) < 4.78 is 0. The van der Waals surface area contributed by atoms with Gasteiger partial charge in [0.05, 0.1) is 0 Å². The predicted molar refractivity (Wildman–Crippen MR) is 82.7 cm³/mol. The summed E-state index contributed by atoms with van der Waals surface area (Å²) in [6.07, 6.45) is 3.67. The zero-order valence-corrected chi connectivity index (χ0v) is 12.3. The second kappa shape index (κ2) is 6.04. The Kier molecular flexibility index (Phi) is 3.96. The van der Waals surface area contributed by atoms with Crippen molar-refractivity contribution in [1.29, 1.82) is 0 Å². The first-order valence-electron chi connectivity index (χ1n) is 6.83. The maximum Gasteiger partial charge on any atom is 0.227 e. The minimum absolute atomic E-state index is 0.808. The van der Waals surface area contributed by atoms with Crippen molar-refractivity contribution in [3.05, 3.63) is 23.8 Å². The van der Waals surface area contributed by atoms with Crippen LogP contribution < -0.4 is 15.1 Å². The Balaban J connectivity index is 1.64. The van der Waals surface area contributed by atoms with Gasteiger partial charge in [0.1, 0.15) is 5.82 Å². The Bertz CT molecular complexity index is 536. The Morgan fingerprint density at radius 1 is 1.15 bits per heavy atom. The van der Waals surface area contributed by atoms with Crippen LogP contribution in [0.25, 0.3) is 0 Å². The summed E-state index contributed by atoms with van der Waals surface area (Å²) in [7, 11) is 0. The third-order valence-corrected chi connectivity index (χ3v) is 4.09. The van der Waals surface area contributed by atoms with Gasteiger partial charge >= 0.3 is 0 Å². The maximum absolute atomic E-state index is 4.55. The molecule has 0 aromatic carbocycles. The van der Waals surface area contributed by atoms with Crippen molar-refractivity contribution in [3.8, 4) is 0 Å². The molecule has 0 spiro atoms. The fraction of sp³-hybridized carbons (Fsp3) is 0.462. The van der Waals surface area contributed by atoms with Crippen molar-refractivity contribution in [2.24, 2.45) is 0 Å². The molecule has 6 nitrogen and oxygen atoms in total. The number of nitrogens with one attached hydrogen (secondary N) is 1. The SMILES string of the molecule is CCNc1ccnc(N2CCN(c3nccs3)CC2)n1. The molecule has 0 amide bonds. The van der Waals surface area contributed by atoms with E-state index in [0.717, 1.165) is 49.6 Å². The normalized spacial score (nSPS) is 15.4. The van der Waals surface area contributed by atoms with Crippen LogP contribution in [0.1, 0.15) is 6.92 Å². The smallest absolute Gasteiger partial charge is 0.227 e. The van der Waals surface area contributed by atoms with Crippen LogP contribution in [0.4, 0.5) is 16.9 Å². The molecule has 0 radical (unpaired) electrons. The van der Waals surface area contributed by atoms with Crippen molar-refractivity contribution in [3.63, 3.8) is 0 Å². The van der Waals surface area contributed by atoms with Gasteiger partial charge in [0.25, 0.3) is 0 Å². The molecule has 7 heteroatoms. The highest BCUT2D eigenvalue weighted by molar-refractivity contribution is 7.13. The van der Waals surface area contributed by atoms with E-state index >= 15 is 0 Å². The van der Waals surface area contributed by atoms with Gasteiger partial charge in [0.15, 0.2) is 5.13 Å². The van der Waals surface area contributed by atoms with Gasteiger partial charge in [0, 0.05) is 50.5 Å². The molecule has 3 heterocycles. The number of thiazole rings is 1. The fourth-order valence-electron chi connectivity index (χ4n) is 2.25. The zero-order valence-electron chi connectivity index (χ0n) is 11.5. The molecule has 3 rings (SSSR count). The highest BCUT2D eigenvalue weighted by atomic mass is 32.1. The Morgan fingerprint density at radius 2 is 1.95 bits per heavy atom. The van der Waals surface area contributed by atoms with Gasteiger partial charge in [-0.1, -0.05) is 0 Å². The van der Waals surface area contributed by atoms with Gasteiger partial charge in [-0.05, 0) is 13.0 Å². The van der Waals surface area contributed by atoms with E-state index in [0.29, 0.717) is 0 Å². The molecule has 20 heavy (non-hydrogen) atoms. The first-order chi connectivity index (χ1) is 9.86. The summed E-state index contributed by atoms with van der Waals surface area (Å²) in [5.41, 5.74) is 0. The zero-order chi connectivity index (χ0) is 13.8. The number of aromatic nitrogens is 3. The number of nitrogens with zero attached hydrogens (tertiary/aromatic N) is 5. The topological polar surface area (TPSA) is 57.2 Å². The molecule has 0 unspecified atom stereocenters. The van der Waals surface area contributed by atoms with Gasteiger partial charge in [-0.3, -0.25) is 0 Å². The summed E-state index contributed by atoms with van der Waals surface area (Å²) in [4.78, 5) is 17.8. The van der Waals surface area contributed by atoms with Gasteiger partial charge in [-0.25, -0.2) is 9.97 Å². The lowest BCUT2D eigenvalue weighted by atomic mass is 10.3. The summed E-state index contributed by atoms with van der Waals surface area (Å²) in [6, 6.07) is 1.90. The minimum atomic E-state index is 0.808. The minimum Gasteiger partial charge on any atom is -0.370 e. The highest BCUT2D eigenvalue weighted by Gasteiger charge is 2.20. The molecule has 2 aromatic rings. The third-order valence-electron chi connectivity index (χ3n) is 3.25. The molecule has 0 atom stereocenters. The highest BCUT2D eigenvalue weighted by Crippen LogP contribution is 2.20. The van der Waals surface area contributed by atoms with E-state index in [1.54, 1.807) is 11.3 Å². The molecular formula is C13H18N6S. The number of anilines is 3. The summed E-state index contributed by atoms with van der Waals surface area (Å²) in [5.74, 6) is 1.70. The molecule has 1 aliphatic rings. The summed E-state index contributed by atoms with van der Waals surface area (Å²) >= 11 is 1.69. The van der Waals surface area contributed by atoms with E-state index in [9.17, 15) is 0 Å². The quantitative estimate of drug-likeness (QED) is 0.925. The third kappa shape index (κ3) is 2.82. The van der Waals surface area contributed by atoms with Crippen molar-refractivity contribution < 1.29 is 0 Å². The number of hydrogen-bond acceptors (Lipinski definition) is 7. The van der Waals surface area contributed by atoms with E-state index in [-0.39, 0.29) is 0 Å². The van der Waals surface area contributed by atoms with Gasteiger partial charge in [-0.15, -0.1) is 11.3 Å². The Morgan fingerprint density at radius 3 is 2.65 bits per heavy atom. The average Bonchev–Trinajstić information content (AvgIpc) is 3.02. The van der Waals surface area contributed by atoms with Crippen LogP contribution in [-0.2, 0) is 0 Å². The summed E-state index contributed by atoms with van der Waals surface area (Å²) in [5, 5.41) is 6.34. The lowest BCUT2D eigenvalue weighted by molar-refractivity contribution is 0.639. The first kappa shape index (κ1) is 13.1. The lowest BCUT2D eigenvalue weighted by Crippen LogP contribution is -2.47. The average molecular weight is 290 g/mol. The molecule has 1 fully saturated rings. The Hall–Kier alpha value is -1.89. The van der Waals surface area contributed by atoms with E-state index in [1.165, 1.54) is 0 Å². The molecule has 1 N–H and O–H groups in total. The fourth-order valence-corrected chi connectivity index (χ4v) is 2.95. The van der Waals surface area contributed by atoms with Gasteiger partial charge in [0.2, 0.25) is 5.95 Å². The standard InChI is InChI=1S/C13H18N6S/c1-2-14-11-3-4-15-12(17-11)18-6-8-19(9-7-18)13-16-5-10-20-13/h3-5,10H,2,6-9H2,1H3,(H,14,15,17). The molecule has 0 bridgehead atoms. The van der Waals surface area contributed by atoms with E-state index < -0.39 is 0 Å². The molecule has 106 valence electrons. The van der Waals surface area contributed by atoms with Crippen molar-refractivity contribution in [1.82, 2.24) is 15.0 Å². The monoisotopic (exact) mass is 290 g/mol. The predicted octanol–water partition coefficient (Wildman–Crippen LogP) is 1.69. The van der Waals surface area contributed by atoms with E-state index in [1.807, 2.05) is 23.8 Å². The van der Waals surface area contributed by atoms with Crippen LogP contribution in [0.3, 0.4) is 0 Å². The lowest BCUT2D eigenvalue weighted by Gasteiger charge is -2.34. The molecule has 0 aliphatic carbocycles. The van der Waals surface area contributed by atoms with Crippen LogP contribution in [0, 0.1) is 0 Å². The molecule has 1 saturated heterocycles. The van der Waals surface area contributed by atoms with Crippen LogP contribution in [-0.4, -0.2) is 47.7 Å². The molecule has 1 aliphatic heterocycles. The van der Waals surface area contributed by atoms with Crippen molar-refractivity contribution >= 4 is 28.2 Å². The Labute approximate surface area is 122 Å². The van der Waals surface area contributed by atoms with Crippen LogP contribution in [0.2, 0.25) is 0 Å². The van der Waals surface area contributed by atoms with Crippen molar-refractivity contribution in [2.45, 2.75) is 6.92 Å². The maximum atomic E-state index is 4.55. The van der Waals surface area contributed by atoms with Gasteiger partial charge < -0.3 is 15.1 Å². The summed E-state index contributed by atoms with van der Waals surface area (Å²) in [6.45, 7) is 6.71. The first-order valence-corrected chi connectivity index (χ1v) is 7.71. The number of rotatable bonds is 4. The largest absolute Gasteiger partial charge is 0.370 e. The van der Waals surface area contributed by atoms with Crippen LogP contribution in [0.15, 0.2) is 23.8 Å². The molecule has 2 aromatic heterocycles. The molecular weight excluding hydrogens is 272 g/mol. The molecule has 0 saturated carbocycles. The van der Waals surface area contributed by atoms with Crippen molar-refractivity contribution in [2.75, 3.05) is 47.8 Å². The van der Waals surface area contributed by atoms with E-state index in [2.05, 4.69) is 37.0 Å². The number of hydrogen-bond donors (Lipinski definition) is 1. The van der Waals surface area contributed by atoms with Crippen LogP contribution in [0.5, 0.6) is 0 Å². The second-order valence-electron chi connectivity index (χ2n) is 4.56. The number of piperazine rings is 1. The van der Waals surface area contributed by atoms with E-state index in [4.69, 9.17) is 0 Å². The van der Waals surface area contributed by atoms with Gasteiger partial charge in [-0.2, -0.15) is 4.98 Å².